The van der Waals surface area contributed by atoms with Gasteiger partial charge in [0, 0.05) is 10.4 Å². The van der Waals surface area contributed by atoms with Crippen molar-refractivity contribution in [3.8, 4) is 0 Å². The molecule has 0 saturated carbocycles. The molecule has 0 aliphatic heterocycles. The number of hydrogen-bond donors (Lipinski definition) is 0. The molecule has 0 radical (unpaired) electrons. The van der Waals surface area contributed by atoms with Crippen molar-refractivity contribution in [1.29, 1.82) is 0 Å². The van der Waals surface area contributed by atoms with Crippen molar-refractivity contribution in [3.05, 3.63) is 0 Å². The second kappa shape index (κ2) is 5.11. The average molecular weight is 290 g/mol. The Morgan fingerprint density at radius 2 is 1.80 bits per heavy atom. The molecule has 0 aromatic rings. The topological polar surface area (TPSA) is 0 Å². The summed E-state index contributed by atoms with van der Waals surface area (Å²) in [4.78, 5) is 0. The Kier molecular flexibility index (Phi) is 5.82. The standard InChI is InChI=1S/C7H15Br2P/c1-7(2,3)6(4-8)10-5-9/h6,10H,4-5H2,1-3H3. The van der Waals surface area contributed by atoms with Gasteiger partial charge in [0.05, 0.1) is 0 Å². The summed E-state index contributed by atoms with van der Waals surface area (Å²) in [5, 5.41) is 2.26. The summed E-state index contributed by atoms with van der Waals surface area (Å²) < 4.78 is 0. The molecule has 0 aliphatic carbocycles. The Labute approximate surface area is 82.6 Å². The molecule has 0 aliphatic rings. The molecule has 10 heavy (non-hydrogen) atoms. The van der Waals surface area contributed by atoms with Crippen LogP contribution in [0.1, 0.15) is 20.8 Å². The summed E-state index contributed by atoms with van der Waals surface area (Å²) in [6.07, 6.45) is 0. The minimum atomic E-state index is 0.454. The fraction of sp³-hybridized carbons (Fsp3) is 1.00. The van der Waals surface area contributed by atoms with Crippen LogP contribution in [-0.2, 0) is 0 Å². The van der Waals surface area contributed by atoms with Crippen LogP contribution in [0.5, 0.6) is 0 Å². The predicted molar refractivity (Wildman–Crippen MR) is 59.1 cm³/mol. The van der Waals surface area contributed by atoms with Gasteiger partial charge in [0.1, 0.15) is 0 Å². The summed E-state index contributed by atoms with van der Waals surface area (Å²) in [7, 11) is 1.03. The summed E-state index contributed by atoms with van der Waals surface area (Å²) in [5.74, 6) is 0. The smallest absolute Gasteiger partial charge is 0.0209 e. The van der Waals surface area contributed by atoms with E-state index in [0.717, 1.165) is 24.6 Å². The SMILES string of the molecule is CC(C)(C)C(CBr)PCBr. The molecular weight excluding hydrogens is 275 g/mol. The quantitative estimate of drug-likeness (QED) is 0.547. The molecule has 0 aromatic heterocycles. The van der Waals surface area contributed by atoms with E-state index in [9.17, 15) is 0 Å². The van der Waals surface area contributed by atoms with Gasteiger partial charge in [0.15, 0.2) is 0 Å². The minimum Gasteiger partial charge on any atom is -0.106 e. The van der Waals surface area contributed by atoms with Crippen LogP contribution in [0.3, 0.4) is 0 Å². The van der Waals surface area contributed by atoms with E-state index in [1.165, 1.54) is 0 Å². The van der Waals surface area contributed by atoms with Crippen LogP contribution in [0.25, 0.3) is 0 Å². The molecule has 3 heteroatoms. The fourth-order valence-corrected chi connectivity index (χ4v) is 4.42. The van der Waals surface area contributed by atoms with Gasteiger partial charge in [-0.2, -0.15) is 0 Å². The van der Waals surface area contributed by atoms with Gasteiger partial charge in [-0.25, -0.2) is 0 Å². The van der Waals surface area contributed by atoms with Gasteiger partial charge in [-0.15, -0.1) is 8.58 Å². The molecule has 0 spiro atoms. The number of alkyl halides is 2. The zero-order valence-corrected chi connectivity index (χ0v) is 10.9. The first-order valence-corrected chi connectivity index (χ1v) is 6.90. The lowest BCUT2D eigenvalue weighted by Gasteiger charge is -2.28. The molecule has 0 fully saturated rings. The first-order chi connectivity index (χ1) is 4.52. The zero-order valence-electron chi connectivity index (χ0n) is 6.75. The van der Waals surface area contributed by atoms with Crippen LogP contribution in [-0.4, -0.2) is 16.1 Å². The van der Waals surface area contributed by atoms with Gasteiger partial charge in [0.25, 0.3) is 0 Å². The number of rotatable bonds is 3. The van der Waals surface area contributed by atoms with E-state index in [1.807, 2.05) is 0 Å². The van der Waals surface area contributed by atoms with Crippen molar-refractivity contribution >= 4 is 40.4 Å². The van der Waals surface area contributed by atoms with E-state index < -0.39 is 0 Å². The zero-order chi connectivity index (χ0) is 8.20. The molecular formula is C7H15Br2P. The maximum Gasteiger partial charge on any atom is 0.0209 e. The van der Waals surface area contributed by atoms with E-state index in [1.54, 1.807) is 0 Å². The first kappa shape index (κ1) is 11.4. The second-order valence-corrected chi connectivity index (χ2v) is 7.11. The minimum absolute atomic E-state index is 0.454. The third-order valence-electron chi connectivity index (χ3n) is 1.52. The molecule has 0 bridgehead atoms. The van der Waals surface area contributed by atoms with Crippen molar-refractivity contribution in [1.82, 2.24) is 0 Å². The van der Waals surface area contributed by atoms with E-state index in [-0.39, 0.29) is 0 Å². The summed E-state index contributed by atoms with van der Waals surface area (Å²) in [6, 6.07) is 0. The number of hydrogen-bond acceptors (Lipinski definition) is 0. The van der Waals surface area contributed by atoms with E-state index >= 15 is 0 Å². The monoisotopic (exact) mass is 288 g/mol. The van der Waals surface area contributed by atoms with Gasteiger partial charge < -0.3 is 0 Å². The van der Waals surface area contributed by atoms with Crippen LogP contribution >= 0.6 is 40.4 Å². The Morgan fingerprint density at radius 1 is 1.30 bits per heavy atom. The van der Waals surface area contributed by atoms with Gasteiger partial charge in [-0.05, 0) is 11.1 Å². The van der Waals surface area contributed by atoms with Crippen LogP contribution in [0.4, 0.5) is 0 Å². The summed E-state index contributed by atoms with van der Waals surface area (Å²) in [5.41, 5.74) is 1.27. The first-order valence-electron chi connectivity index (χ1n) is 3.37. The molecule has 0 nitrogen and oxygen atoms in total. The molecule has 0 heterocycles. The van der Waals surface area contributed by atoms with Crippen LogP contribution in [0.15, 0.2) is 0 Å². The molecule has 0 N–H and O–H groups in total. The van der Waals surface area contributed by atoms with Crippen LogP contribution in [0.2, 0.25) is 0 Å². The molecule has 2 unspecified atom stereocenters. The van der Waals surface area contributed by atoms with E-state index in [4.69, 9.17) is 0 Å². The van der Waals surface area contributed by atoms with Crippen molar-refractivity contribution in [2.75, 3.05) is 10.4 Å². The molecule has 2 atom stereocenters. The van der Waals surface area contributed by atoms with Crippen molar-refractivity contribution < 1.29 is 0 Å². The number of halogens is 2. The third kappa shape index (κ3) is 4.31. The Balaban J connectivity index is 3.81. The maximum absolute atomic E-state index is 3.54. The normalized spacial score (nSPS) is 16.5. The van der Waals surface area contributed by atoms with Gasteiger partial charge in [0.2, 0.25) is 0 Å². The summed E-state index contributed by atoms with van der Waals surface area (Å²) >= 11 is 7.01. The third-order valence-corrected chi connectivity index (χ3v) is 5.46. The van der Waals surface area contributed by atoms with E-state index in [0.29, 0.717) is 5.41 Å². The fourth-order valence-electron chi connectivity index (χ4n) is 0.685. The predicted octanol–water partition coefficient (Wildman–Crippen LogP) is 3.83. The van der Waals surface area contributed by atoms with Crippen LogP contribution in [0, 0.1) is 5.41 Å². The summed E-state index contributed by atoms with van der Waals surface area (Å²) in [6.45, 7) is 6.90. The van der Waals surface area contributed by atoms with E-state index in [2.05, 4.69) is 52.6 Å². The highest BCUT2D eigenvalue weighted by molar-refractivity contribution is 9.10. The molecule has 0 amide bonds. The lowest BCUT2D eigenvalue weighted by atomic mass is 9.93. The lowest BCUT2D eigenvalue weighted by Crippen LogP contribution is -2.23. The molecule has 0 rings (SSSR count). The highest BCUT2D eigenvalue weighted by atomic mass is 79.9. The van der Waals surface area contributed by atoms with Crippen molar-refractivity contribution in [2.45, 2.75) is 26.4 Å². The highest BCUT2D eigenvalue weighted by Crippen LogP contribution is 2.36. The average Bonchev–Trinajstić information content (AvgIpc) is 1.80. The highest BCUT2D eigenvalue weighted by Gasteiger charge is 2.22. The van der Waals surface area contributed by atoms with Crippen molar-refractivity contribution in [3.63, 3.8) is 0 Å². The maximum atomic E-state index is 3.54. The Morgan fingerprint density at radius 3 is 1.90 bits per heavy atom. The Bertz CT molecular complexity index is 88.1. The molecule has 0 saturated heterocycles. The van der Waals surface area contributed by atoms with Gasteiger partial charge in [-0.1, -0.05) is 52.6 Å². The van der Waals surface area contributed by atoms with Crippen LogP contribution < -0.4 is 0 Å². The second-order valence-electron chi connectivity index (χ2n) is 3.41. The molecule has 0 aromatic carbocycles. The molecule has 62 valence electrons. The van der Waals surface area contributed by atoms with Crippen molar-refractivity contribution in [2.24, 2.45) is 5.41 Å². The lowest BCUT2D eigenvalue weighted by molar-refractivity contribution is 0.413. The Hall–Kier alpha value is 1.39. The van der Waals surface area contributed by atoms with Gasteiger partial charge >= 0.3 is 0 Å². The largest absolute Gasteiger partial charge is 0.106 e. The van der Waals surface area contributed by atoms with Gasteiger partial charge in [-0.3, -0.25) is 0 Å².